The van der Waals surface area contributed by atoms with Crippen LogP contribution in [-0.2, 0) is 12.8 Å². The van der Waals surface area contributed by atoms with Crippen LogP contribution in [0.1, 0.15) is 17.5 Å². The van der Waals surface area contributed by atoms with Crippen molar-refractivity contribution in [2.45, 2.75) is 19.3 Å². The molecule has 0 nitrogen and oxygen atoms in total. The van der Waals surface area contributed by atoms with Gasteiger partial charge in [0.05, 0.1) is 0 Å². The summed E-state index contributed by atoms with van der Waals surface area (Å²) >= 11 is 12.5. The number of benzene rings is 2. The number of rotatable bonds is 1. The van der Waals surface area contributed by atoms with Crippen LogP contribution in [0.15, 0.2) is 30.3 Å². The van der Waals surface area contributed by atoms with Crippen molar-refractivity contribution in [3.8, 4) is 11.1 Å². The highest BCUT2D eigenvalue weighted by molar-refractivity contribution is 6.39. The standard InChI is InChI=1S/C15H11Cl2F/c16-12-5-2-6-13(17)15(12)11-7-8-14(18)10-4-1-3-9(10)11/h2,5-8H,1,3-4H2. The monoisotopic (exact) mass is 280 g/mol. The molecule has 0 N–H and O–H groups in total. The predicted molar refractivity (Wildman–Crippen MR) is 73.9 cm³/mol. The molecule has 0 amide bonds. The maximum Gasteiger partial charge on any atom is 0.126 e. The Kier molecular flexibility index (Phi) is 3.04. The molecule has 92 valence electrons. The molecule has 0 aliphatic heterocycles. The van der Waals surface area contributed by atoms with Crippen LogP contribution in [0.25, 0.3) is 11.1 Å². The van der Waals surface area contributed by atoms with Gasteiger partial charge in [0, 0.05) is 15.6 Å². The second kappa shape index (κ2) is 4.56. The lowest BCUT2D eigenvalue weighted by molar-refractivity contribution is 0.613. The first-order valence-corrected chi connectivity index (χ1v) is 6.68. The van der Waals surface area contributed by atoms with E-state index in [0.29, 0.717) is 10.0 Å². The van der Waals surface area contributed by atoms with Gasteiger partial charge in [-0.05, 0) is 54.2 Å². The van der Waals surface area contributed by atoms with E-state index in [0.717, 1.165) is 41.5 Å². The largest absolute Gasteiger partial charge is 0.207 e. The van der Waals surface area contributed by atoms with Crippen LogP contribution in [-0.4, -0.2) is 0 Å². The molecule has 0 saturated carbocycles. The Balaban J connectivity index is 2.28. The average Bonchev–Trinajstić information content (AvgIpc) is 2.81. The summed E-state index contributed by atoms with van der Waals surface area (Å²) in [7, 11) is 0. The zero-order chi connectivity index (χ0) is 12.7. The van der Waals surface area contributed by atoms with E-state index in [1.807, 2.05) is 18.2 Å². The normalized spacial score (nSPS) is 13.7. The fourth-order valence-electron chi connectivity index (χ4n) is 2.65. The Morgan fingerprint density at radius 2 is 1.56 bits per heavy atom. The number of hydrogen-bond donors (Lipinski definition) is 0. The molecule has 3 rings (SSSR count). The molecule has 0 bridgehead atoms. The van der Waals surface area contributed by atoms with Gasteiger partial charge < -0.3 is 0 Å². The van der Waals surface area contributed by atoms with Gasteiger partial charge in [0.25, 0.3) is 0 Å². The zero-order valence-electron chi connectivity index (χ0n) is 9.64. The molecule has 0 radical (unpaired) electrons. The van der Waals surface area contributed by atoms with Crippen LogP contribution in [0, 0.1) is 5.82 Å². The van der Waals surface area contributed by atoms with E-state index >= 15 is 0 Å². The first kappa shape index (κ1) is 12.0. The third kappa shape index (κ3) is 1.82. The molecule has 0 saturated heterocycles. The van der Waals surface area contributed by atoms with Gasteiger partial charge in [-0.15, -0.1) is 0 Å². The second-order valence-corrected chi connectivity index (χ2v) is 5.32. The van der Waals surface area contributed by atoms with E-state index in [1.165, 1.54) is 6.07 Å². The third-order valence-corrected chi connectivity index (χ3v) is 4.09. The van der Waals surface area contributed by atoms with E-state index in [9.17, 15) is 4.39 Å². The van der Waals surface area contributed by atoms with Crippen molar-refractivity contribution in [3.05, 3.63) is 57.3 Å². The SMILES string of the molecule is Fc1ccc(-c2c(Cl)cccc2Cl)c2c1CCC2. The molecule has 3 heteroatoms. The minimum absolute atomic E-state index is 0.116. The quantitative estimate of drug-likeness (QED) is 0.666. The summed E-state index contributed by atoms with van der Waals surface area (Å²) in [6, 6.07) is 8.74. The molecule has 2 aromatic carbocycles. The summed E-state index contributed by atoms with van der Waals surface area (Å²) in [5.74, 6) is -0.116. The van der Waals surface area contributed by atoms with Crippen molar-refractivity contribution in [1.82, 2.24) is 0 Å². The number of fused-ring (bicyclic) bond motifs is 1. The van der Waals surface area contributed by atoms with Crippen molar-refractivity contribution >= 4 is 23.2 Å². The lowest BCUT2D eigenvalue weighted by atomic mass is 9.96. The van der Waals surface area contributed by atoms with Crippen LogP contribution >= 0.6 is 23.2 Å². The third-order valence-electron chi connectivity index (χ3n) is 3.46. The Morgan fingerprint density at radius 3 is 2.28 bits per heavy atom. The molecule has 1 aliphatic carbocycles. The first-order valence-electron chi connectivity index (χ1n) is 5.93. The van der Waals surface area contributed by atoms with Gasteiger partial charge in [-0.2, -0.15) is 0 Å². The van der Waals surface area contributed by atoms with E-state index < -0.39 is 0 Å². The zero-order valence-corrected chi connectivity index (χ0v) is 11.2. The summed E-state index contributed by atoms with van der Waals surface area (Å²) in [5, 5.41) is 1.23. The van der Waals surface area contributed by atoms with Crippen LogP contribution in [0.5, 0.6) is 0 Å². The maximum absolute atomic E-state index is 13.7. The minimum Gasteiger partial charge on any atom is -0.207 e. The van der Waals surface area contributed by atoms with Crippen molar-refractivity contribution in [1.29, 1.82) is 0 Å². The van der Waals surface area contributed by atoms with Gasteiger partial charge in [0.2, 0.25) is 0 Å². The van der Waals surface area contributed by atoms with Crippen molar-refractivity contribution in [2.24, 2.45) is 0 Å². The second-order valence-electron chi connectivity index (χ2n) is 4.50. The molecule has 0 unspecified atom stereocenters. The van der Waals surface area contributed by atoms with Gasteiger partial charge in [0.1, 0.15) is 5.82 Å². The highest BCUT2D eigenvalue weighted by Gasteiger charge is 2.21. The molecular formula is C15H11Cl2F. The topological polar surface area (TPSA) is 0 Å². The summed E-state index contributed by atoms with van der Waals surface area (Å²) < 4.78 is 13.7. The number of halogens is 3. The first-order chi connectivity index (χ1) is 8.68. The average molecular weight is 281 g/mol. The summed E-state index contributed by atoms with van der Waals surface area (Å²) in [6.45, 7) is 0. The lowest BCUT2D eigenvalue weighted by Crippen LogP contribution is -1.93. The van der Waals surface area contributed by atoms with Gasteiger partial charge in [0.15, 0.2) is 0 Å². The van der Waals surface area contributed by atoms with Crippen LogP contribution < -0.4 is 0 Å². The smallest absolute Gasteiger partial charge is 0.126 e. The van der Waals surface area contributed by atoms with E-state index in [4.69, 9.17) is 23.2 Å². The van der Waals surface area contributed by atoms with E-state index in [1.54, 1.807) is 6.07 Å². The highest BCUT2D eigenvalue weighted by Crippen LogP contribution is 2.40. The Labute approximate surface area is 115 Å². The fraction of sp³-hybridized carbons (Fsp3) is 0.200. The van der Waals surface area contributed by atoms with Gasteiger partial charge in [-0.1, -0.05) is 35.3 Å². The molecule has 18 heavy (non-hydrogen) atoms. The van der Waals surface area contributed by atoms with E-state index in [2.05, 4.69) is 0 Å². The molecule has 2 aromatic rings. The molecule has 0 aromatic heterocycles. The van der Waals surface area contributed by atoms with Gasteiger partial charge in [-0.25, -0.2) is 4.39 Å². The highest BCUT2D eigenvalue weighted by atomic mass is 35.5. The van der Waals surface area contributed by atoms with Crippen molar-refractivity contribution < 1.29 is 4.39 Å². The summed E-state index contributed by atoms with van der Waals surface area (Å²) in [5.41, 5.74) is 3.67. The molecule has 0 fully saturated rings. The summed E-state index contributed by atoms with van der Waals surface area (Å²) in [6.07, 6.45) is 2.69. The Hall–Kier alpha value is -1.05. The van der Waals surface area contributed by atoms with Gasteiger partial charge in [-0.3, -0.25) is 0 Å². The van der Waals surface area contributed by atoms with Crippen LogP contribution in [0.2, 0.25) is 10.0 Å². The predicted octanol–water partition coefficient (Wildman–Crippen LogP) is 5.29. The molecular weight excluding hydrogens is 270 g/mol. The van der Waals surface area contributed by atoms with E-state index in [-0.39, 0.29) is 5.82 Å². The maximum atomic E-state index is 13.7. The molecule has 1 aliphatic rings. The van der Waals surface area contributed by atoms with Crippen LogP contribution in [0.3, 0.4) is 0 Å². The minimum atomic E-state index is -0.116. The van der Waals surface area contributed by atoms with Crippen molar-refractivity contribution in [2.75, 3.05) is 0 Å². The Bertz CT molecular complexity index is 600. The van der Waals surface area contributed by atoms with Crippen molar-refractivity contribution in [3.63, 3.8) is 0 Å². The molecule has 0 heterocycles. The van der Waals surface area contributed by atoms with Gasteiger partial charge >= 0.3 is 0 Å². The fourth-order valence-corrected chi connectivity index (χ4v) is 3.25. The summed E-state index contributed by atoms with van der Waals surface area (Å²) in [4.78, 5) is 0. The number of hydrogen-bond acceptors (Lipinski definition) is 0. The lowest BCUT2D eigenvalue weighted by Gasteiger charge is -2.12. The van der Waals surface area contributed by atoms with Crippen LogP contribution in [0.4, 0.5) is 4.39 Å². The molecule has 0 spiro atoms. The molecule has 0 atom stereocenters. The Morgan fingerprint density at radius 1 is 0.889 bits per heavy atom.